The number of aromatic nitrogens is 6. The smallest absolute Gasteiger partial charge is 0.232 e. The minimum Gasteiger partial charge on any atom is -0.339 e. The molecule has 0 saturated heterocycles. The van der Waals surface area contributed by atoms with E-state index < -0.39 is 0 Å². The Morgan fingerprint density at radius 3 is 2.50 bits per heavy atom. The van der Waals surface area contributed by atoms with Crippen LogP contribution in [0.25, 0.3) is 33.5 Å². The normalized spacial score (nSPS) is 11.8. The number of anilines is 2. The molecule has 0 aliphatic rings. The maximum Gasteiger partial charge on any atom is 0.232 e. The van der Waals surface area contributed by atoms with Crippen LogP contribution in [0.3, 0.4) is 0 Å². The Labute approximate surface area is 214 Å². The van der Waals surface area contributed by atoms with Crippen LogP contribution in [-0.4, -0.2) is 34.8 Å². The topological polar surface area (TPSA) is 82.6 Å². The molecule has 4 aromatic heterocycles. The number of hydrogen-bond acceptors (Lipinski definition) is 5. The van der Waals surface area contributed by atoms with Crippen molar-refractivity contribution in [2.45, 2.75) is 27.2 Å². The number of carbonyl (C=O) groups excluding carboxylic acids is 1. The lowest BCUT2D eigenvalue weighted by Gasteiger charge is -2.19. The lowest BCUT2D eigenvalue weighted by atomic mass is 9.92. The summed E-state index contributed by atoms with van der Waals surface area (Å²) in [5.41, 5.74) is 3.93. The fourth-order valence-corrected chi connectivity index (χ4v) is 4.50. The molecule has 184 valence electrons. The number of aryl methyl sites for hydroxylation is 2. The predicted octanol–water partition coefficient (Wildman–Crippen LogP) is 6.31. The monoisotopic (exact) mass is 501 g/mol. The second kappa shape index (κ2) is 8.95. The van der Waals surface area contributed by atoms with E-state index >= 15 is 0 Å². The van der Waals surface area contributed by atoms with Gasteiger partial charge in [-0.05, 0) is 29.7 Å². The van der Waals surface area contributed by atoms with Crippen molar-refractivity contribution in [1.82, 2.24) is 28.9 Å². The van der Waals surface area contributed by atoms with Gasteiger partial charge in [0.05, 0.1) is 28.1 Å². The SMILES string of the molecule is Cn1cc(-c2cc3cnc(Nc4ccc(-c5nccn5C)cc4Cl)cc3n2C(=O)CC(C)(C)C)cn1. The number of carbonyl (C=O) groups is 1. The molecule has 0 amide bonds. The van der Waals surface area contributed by atoms with E-state index in [9.17, 15) is 4.79 Å². The number of benzene rings is 1. The highest BCUT2D eigenvalue weighted by molar-refractivity contribution is 6.33. The minimum atomic E-state index is -0.156. The van der Waals surface area contributed by atoms with Crippen molar-refractivity contribution in [2.24, 2.45) is 19.5 Å². The van der Waals surface area contributed by atoms with Crippen LogP contribution in [-0.2, 0) is 14.1 Å². The molecule has 0 saturated carbocycles. The zero-order valence-corrected chi connectivity index (χ0v) is 21.7. The molecule has 5 rings (SSSR count). The number of fused-ring (bicyclic) bond motifs is 1. The average Bonchev–Trinajstić information content (AvgIpc) is 3.51. The quantitative estimate of drug-likeness (QED) is 0.305. The van der Waals surface area contributed by atoms with Crippen LogP contribution in [0, 0.1) is 5.41 Å². The lowest BCUT2D eigenvalue weighted by molar-refractivity contribution is 0.0864. The first-order valence-electron chi connectivity index (χ1n) is 11.7. The van der Waals surface area contributed by atoms with Gasteiger partial charge in [-0.25, -0.2) is 9.97 Å². The molecule has 0 bridgehead atoms. The molecule has 1 aromatic carbocycles. The van der Waals surface area contributed by atoms with Gasteiger partial charge in [0, 0.05) is 67.9 Å². The third-order valence-corrected chi connectivity index (χ3v) is 6.24. The van der Waals surface area contributed by atoms with Gasteiger partial charge in [0.25, 0.3) is 0 Å². The van der Waals surface area contributed by atoms with Crippen LogP contribution in [0.5, 0.6) is 0 Å². The van der Waals surface area contributed by atoms with Crippen molar-refractivity contribution in [1.29, 1.82) is 0 Å². The van der Waals surface area contributed by atoms with E-state index in [4.69, 9.17) is 11.6 Å². The molecule has 36 heavy (non-hydrogen) atoms. The molecule has 0 unspecified atom stereocenters. The Bertz CT molecular complexity index is 1590. The van der Waals surface area contributed by atoms with Gasteiger partial charge in [-0.3, -0.25) is 14.0 Å². The first kappa shape index (κ1) is 23.8. The predicted molar refractivity (Wildman–Crippen MR) is 144 cm³/mol. The summed E-state index contributed by atoms with van der Waals surface area (Å²) in [5.74, 6) is 1.45. The molecule has 9 heteroatoms. The summed E-state index contributed by atoms with van der Waals surface area (Å²) in [6.07, 6.45) is 9.49. The minimum absolute atomic E-state index is 0.0194. The molecule has 0 fully saturated rings. The molecule has 0 spiro atoms. The number of pyridine rings is 1. The Morgan fingerprint density at radius 2 is 1.86 bits per heavy atom. The first-order valence-corrected chi connectivity index (χ1v) is 12.0. The second-order valence-corrected chi connectivity index (χ2v) is 10.6. The van der Waals surface area contributed by atoms with E-state index in [1.165, 1.54) is 0 Å². The summed E-state index contributed by atoms with van der Waals surface area (Å²) in [4.78, 5) is 22.5. The van der Waals surface area contributed by atoms with Crippen molar-refractivity contribution in [3.05, 3.63) is 66.3 Å². The van der Waals surface area contributed by atoms with Gasteiger partial charge >= 0.3 is 0 Å². The second-order valence-electron chi connectivity index (χ2n) is 10.2. The molecular weight excluding hydrogens is 474 g/mol. The highest BCUT2D eigenvalue weighted by Crippen LogP contribution is 2.33. The van der Waals surface area contributed by atoms with Crippen LogP contribution < -0.4 is 5.32 Å². The Kier molecular flexibility index (Phi) is 5.92. The largest absolute Gasteiger partial charge is 0.339 e. The number of halogens is 1. The molecule has 4 heterocycles. The van der Waals surface area contributed by atoms with Gasteiger partial charge in [-0.1, -0.05) is 32.4 Å². The summed E-state index contributed by atoms with van der Waals surface area (Å²) < 4.78 is 5.44. The zero-order valence-electron chi connectivity index (χ0n) is 21.0. The summed E-state index contributed by atoms with van der Waals surface area (Å²) >= 11 is 6.61. The van der Waals surface area contributed by atoms with Crippen molar-refractivity contribution >= 4 is 39.9 Å². The van der Waals surface area contributed by atoms with Crippen LogP contribution >= 0.6 is 11.6 Å². The maximum atomic E-state index is 13.5. The third kappa shape index (κ3) is 4.64. The fraction of sp³-hybridized carbons (Fsp3) is 0.259. The number of rotatable bonds is 5. The average molecular weight is 502 g/mol. The summed E-state index contributed by atoms with van der Waals surface area (Å²) in [6, 6.07) is 9.62. The van der Waals surface area contributed by atoms with E-state index in [0.717, 1.165) is 33.5 Å². The zero-order chi connectivity index (χ0) is 25.6. The van der Waals surface area contributed by atoms with E-state index in [-0.39, 0.29) is 11.3 Å². The molecule has 0 aliphatic carbocycles. The van der Waals surface area contributed by atoms with Gasteiger partial charge in [0.2, 0.25) is 5.91 Å². The fourth-order valence-electron chi connectivity index (χ4n) is 4.27. The number of hydrogen-bond donors (Lipinski definition) is 1. The van der Waals surface area contributed by atoms with Gasteiger partial charge in [0.15, 0.2) is 0 Å². The summed E-state index contributed by atoms with van der Waals surface area (Å²) in [7, 11) is 3.80. The van der Waals surface area contributed by atoms with Crippen molar-refractivity contribution < 1.29 is 4.79 Å². The van der Waals surface area contributed by atoms with Gasteiger partial charge in [-0.15, -0.1) is 0 Å². The lowest BCUT2D eigenvalue weighted by Crippen LogP contribution is -2.19. The van der Waals surface area contributed by atoms with E-state index in [1.807, 2.05) is 61.4 Å². The Hall–Kier alpha value is -3.91. The third-order valence-electron chi connectivity index (χ3n) is 5.93. The van der Waals surface area contributed by atoms with Crippen molar-refractivity contribution in [3.63, 3.8) is 0 Å². The molecule has 0 aliphatic heterocycles. The number of nitrogens with zero attached hydrogens (tertiary/aromatic N) is 6. The van der Waals surface area contributed by atoms with Crippen LogP contribution in [0.15, 0.2) is 61.3 Å². The maximum absolute atomic E-state index is 13.5. The van der Waals surface area contributed by atoms with Crippen molar-refractivity contribution in [3.8, 4) is 22.6 Å². The first-order chi connectivity index (χ1) is 17.1. The molecular formula is C27H28ClN7O. The van der Waals surface area contributed by atoms with Crippen LogP contribution in [0.2, 0.25) is 5.02 Å². The van der Waals surface area contributed by atoms with Crippen LogP contribution in [0.1, 0.15) is 32.0 Å². The Morgan fingerprint density at radius 1 is 1.06 bits per heavy atom. The molecule has 0 atom stereocenters. The van der Waals surface area contributed by atoms with Gasteiger partial charge < -0.3 is 9.88 Å². The van der Waals surface area contributed by atoms with E-state index in [0.29, 0.717) is 22.9 Å². The Balaban J connectivity index is 1.54. The molecule has 0 radical (unpaired) electrons. The van der Waals surface area contributed by atoms with Crippen molar-refractivity contribution in [2.75, 3.05) is 5.32 Å². The summed E-state index contributed by atoms with van der Waals surface area (Å²) in [6.45, 7) is 6.18. The van der Waals surface area contributed by atoms with E-state index in [2.05, 4.69) is 41.2 Å². The number of imidazole rings is 1. The summed E-state index contributed by atoms with van der Waals surface area (Å²) in [5, 5.41) is 9.03. The number of nitrogens with one attached hydrogen (secondary N) is 1. The van der Waals surface area contributed by atoms with Gasteiger partial charge in [0.1, 0.15) is 11.6 Å². The van der Waals surface area contributed by atoms with Gasteiger partial charge in [-0.2, -0.15) is 5.10 Å². The van der Waals surface area contributed by atoms with E-state index in [1.54, 1.807) is 27.8 Å². The van der Waals surface area contributed by atoms with Crippen LogP contribution in [0.4, 0.5) is 11.5 Å². The highest BCUT2D eigenvalue weighted by Gasteiger charge is 2.23. The molecule has 8 nitrogen and oxygen atoms in total. The highest BCUT2D eigenvalue weighted by atomic mass is 35.5. The molecule has 5 aromatic rings. The molecule has 1 N–H and O–H groups in total. The standard InChI is InChI=1S/C27H28ClN7O/c1-27(2,3)13-25(36)35-22(19-15-31-34(5)16-19)11-18-14-30-24(12-23(18)35)32-21-7-6-17(10-20(21)28)26-29-8-9-33(26)4/h6-12,14-16H,13H2,1-5H3,(H,30,32).